The van der Waals surface area contributed by atoms with E-state index in [0.29, 0.717) is 12.1 Å². The van der Waals surface area contributed by atoms with Gasteiger partial charge in [0.25, 0.3) is 5.69 Å². The Hall–Kier alpha value is -2.44. The maximum Gasteiger partial charge on any atom is 0.305 e. The quantitative estimate of drug-likeness (QED) is 0.611. The number of nitrogens with zero attached hydrogens (tertiary/aromatic N) is 2. The van der Waals surface area contributed by atoms with Crippen LogP contribution in [0.15, 0.2) is 24.3 Å². The number of carboxylic acids is 1. The van der Waals surface area contributed by atoms with Crippen LogP contribution in [0.1, 0.15) is 25.8 Å². The minimum absolute atomic E-state index is 0.0134. The Kier molecular flexibility index (Phi) is 5.83. The molecule has 0 heterocycles. The predicted octanol–water partition coefficient (Wildman–Crippen LogP) is 1.85. The van der Waals surface area contributed by atoms with Crippen LogP contribution in [-0.2, 0) is 16.0 Å². The second-order valence-electron chi connectivity index (χ2n) is 4.73. The van der Waals surface area contributed by atoms with Gasteiger partial charge in [-0.1, -0.05) is 12.1 Å². The van der Waals surface area contributed by atoms with Gasteiger partial charge in [0, 0.05) is 24.7 Å². The van der Waals surface area contributed by atoms with Crippen molar-refractivity contribution in [2.75, 3.05) is 6.54 Å². The van der Waals surface area contributed by atoms with E-state index in [-0.39, 0.29) is 24.4 Å². The highest BCUT2D eigenvalue weighted by molar-refractivity contribution is 5.80. The van der Waals surface area contributed by atoms with Crippen LogP contribution in [0.25, 0.3) is 0 Å². The molecule has 1 aromatic carbocycles. The Morgan fingerprint density at radius 2 is 2.10 bits per heavy atom. The number of carbonyl (C=O) groups is 2. The molecule has 7 nitrogen and oxygen atoms in total. The molecule has 7 heteroatoms. The lowest BCUT2D eigenvalue weighted by molar-refractivity contribution is -0.384. The van der Waals surface area contributed by atoms with Gasteiger partial charge in [0.2, 0.25) is 5.91 Å². The van der Waals surface area contributed by atoms with Gasteiger partial charge in [-0.3, -0.25) is 19.7 Å². The smallest absolute Gasteiger partial charge is 0.305 e. The highest BCUT2D eigenvalue weighted by atomic mass is 16.6. The van der Waals surface area contributed by atoms with Crippen LogP contribution in [0.5, 0.6) is 0 Å². The molecule has 0 radical (unpaired) electrons. The molecule has 1 amide bonds. The number of hydrogen-bond acceptors (Lipinski definition) is 4. The van der Waals surface area contributed by atoms with Crippen molar-refractivity contribution in [3.63, 3.8) is 0 Å². The Balaban J connectivity index is 2.80. The largest absolute Gasteiger partial charge is 0.481 e. The van der Waals surface area contributed by atoms with Crippen molar-refractivity contribution in [3.8, 4) is 0 Å². The summed E-state index contributed by atoms with van der Waals surface area (Å²) in [5.74, 6) is -1.21. The highest BCUT2D eigenvalue weighted by Gasteiger charge is 2.21. The maximum atomic E-state index is 12.2. The first kappa shape index (κ1) is 16.6. The van der Waals surface area contributed by atoms with Crippen LogP contribution < -0.4 is 0 Å². The van der Waals surface area contributed by atoms with Crippen LogP contribution in [-0.4, -0.2) is 39.4 Å². The lowest BCUT2D eigenvalue weighted by Crippen LogP contribution is -2.40. The molecule has 1 unspecified atom stereocenters. The van der Waals surface area contributed by atoms with E-state index in [1.165, 1.54) is 23.1 Å². The van der Waals surface area contributed by atoms with E-state index in [1.54, 1.807) is 19.9 Å². The summed E-state index contributed by atoms with van der Waals surface area (Å²) in [6.45, 7) is 3.83. The minimum atomic E-state index is -0.968. The standard InChI is InChI=1S/C14H18N2O5/c1-3-15(10(2)7-14(18)19)13(17)9-11-5-4-6-12(8-11)16(20)21/h4-6,8,10H,3,7,9H2,1-2H3,(H,18,19). The zero-order valence-corrected chi connectivity index (χ0v) is 12.0. The van der Waals surface area contributed by atoms with E-state index in [9.17, 15) is 19.7 Å². The van der Waals surface area contributed by atoms with Gasteiger partial charge in [0.1, 0.15) is 0 Å². The lowest BCUT2D eigenvalue weighted by Gasteiger charge is -2.27. The molecule has 0 aromatic heterocycles. The Morgan fingerprint density at radius 3 is 2.62 bits per heavy atom. The average Bonchev–Trinajstić information content (AvgIpc) is 2.38. The SMILES string of the molecule is CCN(C(=O)Cc1cccc([N+](=O)[O-])c1)C(C)CC(=O)O. The van der Waals surface area contributed by atoms with Crippen molar-refractivity contribution in [2.24, 2.45) is 0 Å². The van der Waals surface area contributed by atoms with Crippen molar-refractivity contribution < 1.29 is 19.6 Å². The molecule has 0 bridgehead atoms. The third kappa shape index (κ3) is 4.87. The molecular formula is C14H18N2O5. The molecule has 0 aliphatic carbocycles. The molecule has 1 N–H and O–H groups in total. The summed E-state index contributed by atoms with van der Waals surface area (Å²) < 4.78 is 0. The topological polar surface area (TPSA) is 101 Å². The second-order valence-corrected chi connectivity index (χ2v) is 4.73. The fourth-order valence-corrected chi connectivity index (χ4v) is 2.15. The number of non-ortho nitro benzene ring substituents is 1. The van der Waals surface area contributed by atoms with Crippen molar-refractivity contribution >= 4 is 17.6 Å². The number of rotatable bonds is 7. The summed E-state index contributed by atoms with van der Waals surface area (Å²) in [5.41, 5.74) is 0.470. The number of carbonyl (C=O) groups excluding carboxylic acids is 1. The molecule has 0 saturated carbocycles. The van der Waals surface area contributed by atoms with Crippen LogP contribution in [0.2, 0.25) is 0 Å². The van der Waals surface area contributed by atoms with Gasteiger partial charge in [0.15, 0.2) is 0 Å². The first-order chi connectivity index (χ1) is 9.85. The fraction of sp³-hybridized carbons (Fsp3) is 0.429. The van der Waals surface area contributed by atoms with Crippen LogP contribution in [0, 0.1) is 10.1 Å². The molecular weight excluding hydrogens is 276 g/mol. The first-order valence-corrected chi connectivity index (χ1v) is 6.59. The first-order valence-electron chi connectivity index (χ1n) is 6.59. The average molecular weight is 294 g/mol. The summed E-state index contributed by atoms with van der Waals surface area (Å²) in [6, 6.07) is 5.46. The summed E-state index contributed by atoms with van der Waals surface area (Å²) in [4.78, 5) is 34.6. The van der Waals surface area contributed by atoms with Gasteiger partial charge in [-0.15, -0.1) is 0 Å². The molecule has 1 atom stereocenters. The number of nitro benzene ring substituents is 1. The number of aliphatic carboxylic acids is 1. The summed E-state index contributed by atoms with van der Waals surface area (Å²) in [6.07, 6.45) is -0.117. The fourth-order valence-electron chi connectivity index (χ4n) is 2.15. The predicted molar refractivity (Wildman–Crippen MR) is 75.9 cm³/mol. The Labute approximate surface area is 122 Å². The molecule has 21 heavy (non-hydrogen) atoms. The molecule has 0 aliphatic heterocycles. The third-order valence-electron chi connectivity index (χ3n) is 3.14. The number of benzene rings is 1. The summed E-state index contributed by atoms with van der Waals surface area (Å²) in [5, 5.41) is 19.5. The number of nitro groups is 1. The molecule has 0 saturated heterocycles. The van der Waals surface area contributed by atoms with Gasteiger partial charge in [-0.2, -0.15) is 0 Å². The molecule has 1 rings (SSSR count). The maximum absolute atomic E-state index is 12.2. The molecule has 114 valence electrons. The van der Waals surface area contributed by atoms with E-state index in [2.05, 4.69) is 0 Å². The minimum Gasteiger partial charge on any atom is -0.481 e. The van der Waals surface area contributed by atoms with E-state index in [0.717, 1.165) is 0 Å². The lowest BCUT2D eigenvalue weighted by atomic mass is 10.1. The van der Waals surface area contributed by atoms with E-state index < -0.39 is 16.9 Å². The molecule has 1 aromatic rings. The van der Waals surface area contributed by atoms with Gasteiger partial charge in [-0.25, -0.2) is 0 Å². The zero-order valence-electron chi connectivity index (χ0n) is 12.0. The van der Waals surface area contributed by atoms with Crippen molar-refractivity contribution in [3.05, 3.63) is 39.9 Å². The van der Waals surface area contributed by atoms with Gasteiger partial charge < -0.3 is 10.0 Å². The molecule has 0 fully saturated rings. The monoisotopic (exact) mass is 294 g/mol. The van der Waals surface area contributed by atoms with Crippen molar-refractivity contribution in [2.45, 2.75) is 32.7 Å². The summed E-state index contributed by atoms with van der Waals surface area (Å²) in [7, 11) is 0. The zero-order chi connectivity index (χ0) is 16.0. The van der Waals surface area contributed by atoms with Gasteiger partial charge in [-0.05, 0) is 19.4 Å². The molecule has 0 spiro atoms. The van der Waals surface area contributed by atoms with Gasteiger partial charge >= 0.3 is 5.97 Å². The summed E-state index contributed by atoms with van der Waals surface area (Å²) >= 11 is 0. The number of amides is 1. The second kappa shape index (κ2) is 7.37. The van der Waals surface area contributed by atoms with Crippen molar-refractivity contribution in [1.29, 1.82) is 0 Å². The van der Waals surface area contributed by atoms with E-state index in [4.69, 9.17) is 5.11 Å². The van der Waals surface area contributed by atoms with Crippen LogP contribution >= 0.6 is 0 Å². The van der Waals surface area contributed by atoms with E-state index >= 15 is 0 Å². The normalized spacial score (nSPS) is 11.7. The number of likely N-dealkylation sites (N-methyl/N-ethyl adjacent to an activating group) is 1. The van der Waals surface area contributed by atoms with Crippen LogP contribution in [0.3, 0.4) is 0 Å². The van der Waals surface area contributed by atoms with E-state index in [1.807, 2.05) is 0 Å². The highest BCUT2D eigenvalue weighted by Crippen LogP contribution is 2.15. The number of carboxylic acid groups (broad SMARTS) is 1. The third-order valence-corrected chi connectivity index (χ3v) is 3.14. The van der Waals surface area contributed by atoms with Crippen LogP contribution in [0.4, 0.5) is 5.69 Å². The Morgan fingerprint density at radius 1 is 1.43 bits per heavy atom. The molecule has 0 aliphatic rings. The van der Waals surface area contributed by atoms with Gasteiger partial charge in [0.05, 0.1) is 17.8 Å². The Bertz CT molecular complexity index is 544. The van der Waals surface area contributed by atoms with Crippen molar-refractivity contribution in [1.82, 2.24) is 4.90 Å². The number of hydrogen-bond donors (Lipinski definition) is 1.